The van der Waals surface area contributed by atoms with Crippen molar-refractivity contribution in [3.8, 4) is 11.3 Å². The third-order valence-corrected chi connectivity index (χ3v) is 2.51. The number of nitrogens with zero attached hydrogens (tertiary/aromatic N) is 3. The van der Waals surface area contributed by atoms with Gasteiger partial charge in [-0.05, 0) is 24.3 Å². The van der Waals surface area contributed by atoms with E-state index in [1.165, 1.54) is 0 Å². The largest absolute Gasteiger partial charge is 0.382 e. The van der Waals surface area contributed by atoms with Crippen molar-refractivity contribution in [1.82, 2.24) is 14.4 Å². The summed E-state index contributed by atoms with van der Waals surface area (Å²) in [6, 6.07) is 9.68. The van der Waals surface area contributed by atoms with E-state index in [2.05, 4.69) is 9.97 Å². The maximum absolute atomic E-state index is 5.93. The maximum atomic E-state index is 5.93. The van der Waals surface area contributed by atoms with Gasteiger partial charge in [0, 0.05) is 24.2 Å². The molecule has 0 aliphatic carbocycles. The average Bonchev–Trinajstić information content (AvgIpc) is 2.66. The minimum absolute atomic E-state index is 0.539. The van der Waals surface area contributed by atoms with E-state index in [0.29, 0.717) is 5.82 Å². The fraction of sp³-hybridized carbons (Fsp3) is 0. The molecule has 0 saturated carbocycles. The van der Waals surface area contributed by atoms with E-state index >= 15 is 0 Å². The summed E-state index contributed by atoms with van der Waals surface area (Å²) in [6.45, 7) is 0. The van der Waals surface area contributed by atoms with E-state index in [-0.39, 0.29) is 0 Å². The summed E-state index contributed by atoms with van der Waals surface area (Å²) in [5, 5.41) is 0. The number of rotatable bonds is 1. The minimum Gasteiger partial charge on any atom is -0.382 e. The van der Waals surface area contributed by atoms with Crippen LogP contribution in [0.3, 0.4) is 0 Å². The number of fused-ring (bicyclic) bond motifs is 1. The number of aromatic nitrogens is 3. The Kier molecular flexibility index (Phi) is 1.86. The molecule has 0 spiro atoms. The Hall–Kier alpha value is -2.36. The van der Waals surface area contributed by atoms with Crippen LogP contribution in [0.15, 0.2) is 48.9 Å². The van der Waals surface area contributed by atoms with Crippen LogP contribution >= 0.6 is 0 Å². The van der Waals surface area contributed by atoms with E-state index in [4.69, 9.17) is 5.73 Å². The van der Waals surface area contributed by atoms with Gasteiger partial charge in [0.25, 0.3) is 0 Å². The quantitative estimate of drug-likeness (QED) is 0.668. The molecule has 0 fully saturated rings. The molecule has 0 aliphatic heterocycles. The lowest BCUT2D eigenvalue weighted by Gasteiger charge is -2.01. The first-order chi connectivity index (χ1) is 7.86. The normalized spacial score (nSPS) is 10.8. The molecule has 2 N–H and O–H groups in total. The number of hydrogen-bond donors (Lipinski definition) is 1. The summed E-state index contributed by atoms with van der Waals surface area (Å²) in [4.78, 5) is 8.30. The predicted molar refractivity (Wildman–Crippen MR) is 62.8 cm³/mol. The summed E-state index contributed by atoms with van der Waals surface area (Å²) < 4.78 is 1.98. The number of imidazole rings is 1. The molecule has 0 atom stereocenters. The lowest BCUT2D eigenvalue weighted by atomic mass is 10.2. The first kappa shape index (κ1) is 8.91. The van der Waals surface area contributed by atoms with Gasteiger partial charge in [-0.15, -0.1) is 0 Å². The Morgan fingerprint density at radius 3 is 2.69 bits per heavy atom. The van der Waals surface area contributed by atoms with Gasteiger partial charge in [-0.1, -0.05) is 6.07 Å². The zero-order valence-corrected chi connectivity index (χ0v) is 8.54. The zero-order chi connectivity index (χ0) is 11.0. The zero-order valence-electron chi connectivity index (χ0n) is 8.54. The molecule has 78 valence electrons. The summed E-state index contributed by atoms with van der Waals surface area (Å²) in [5.74, 6) is 0.539. The Labute approximate surface area is 92.4 Å². The van der Waals surface area contributed by atoms with Crippen molar-refractivity contribution in [1.29, 1.82) is 0 Å². The van der Waals surface area contributed by atoms with Crippen LogP contribution in [0.2, 0.25) is 0 Å². The second-order valence-electron chi connectivity index (χ2n) is 3.51. The third kappa shape index (κ3) is 1.24. The second-order valence-corrected chi connectivity index (χ2v) is 3.51. The van der Waals surface area contributed by atoms with Crippen molar-refractivity contribution in [3.63, 3.8) is 0 Å². The second kappa shape index (κ2) is 3.34. The topological polar surface area (TPSA) is 56.2 Å². The molecule has 0 unspecified atom stereocenters. The third-order valence-electron chi connectivity index (χ3n) is 2.51. The van der Waals surface area contributed by atoms with Crippen LogP contribution in [0, 0.1) is 0 Å². The summed E-state index contributed by atoms with van der Waals surface area (Å²) in [6.07, 6.45) is 5.45. The lowest BCUT2D eigenvalue weighted by Crippen LogP contribution is -1.91. The number of nitrogen functional groups attached to an aromatic ring is 1. The Morgan fingerprint density at radius 1 is 1.06 bits per heavy atom. The van der Waals surface area contributed by atoms with Crippen molar-refractivity contribution in [2.75, 3.05) is 5.73 Å². The van der Waals surface area contributed by atoms with Crippen LogP contribution < -0.4 is 5.73 Å². The molecule has 4 nitrogen and oxygen atoms in total. The lowest BCUT2D eigenvalue weighted by molar-refractivity contribution is 1.19. The van der Waals surface area contributed by atoms with E-state index in [9.17, 15) is 0 Å². The highest BCUT2D eigenvalue weighted by Gasteiger charge is 2.10. The molecule has 0 aliphatic rings. The van der Waals surface area contributed by atoms with Gasteiger partial charge in [-0.3, -0.25) is 9.38 Å². The van der Waals surface area contributed by atoms with Gasteiger partial charge in [-0.25, -0.2) is 4.98 Å². The average molecular weight is 210 g/mol. The number of anilines is 1. The van der Waals surface area contributed by atoms with Crippen molar-refractivity contribution >= 4 is 11.5 Å². The number of hydrogen-bond acceptors (Lipinski definition) is 3. The molecule has 0 saturated heterocycles. The highest BCUT2D eigenvalue weighted by Crippen LogP contribution is 2.25. The smallest absolute Gasteiger partial charge is 0.150 e. The Bertz CT molecular complexity index is 628. The first-order valence-corrected chi connectivity index (χ1v) is 4.99. The monoisotopic (exact) mass is 210 g/mol. The molecule has 3 heterocycles. The van der Waals surface area contributed by atoms with Gasteiger partial charge >= 0.3 is 0 Å². The highest BCUT2D eigenvalue weighted by molar-refractivity contribution is 5.74. The van der Waals surface area contributed by atoms with Crippen molar-refractivity contribution in [2.45, 2.75) is 0 Å². The van der Waals surface area contributed by atoms with Gasteiger partial charge in [-0.2, -0.15) is 0 Å². The number of nitrogens with two attached hydrogens (primary N) is 1. The van der Waals surface area contributed by atoms with Crippen molar-refractivity contribution < 1.29 is 0 Å². The fourth-order valence-electron chi connectivity index (χ4n) is 1.81. The summed E-state index contributed by atoms with van der Waals surface area (Å²) in [7, 11) is 0. The molecule has 16 heavy (non-hydrogen) atoms. The first-order valence-electron chi connectivity index (χ1n) is 4.99. The maximum Gasteiger partial charge on any atom is 0.150 e. The Balaban J connectivity index is 2.35. The van der Waals surface area contributed by atoms with Gasteiger partial charge < -0.3 is 5.73 Å². The minimum atomic E-state index is 0.539. The van der Waals surface area contributed by atoms with Gasteiger partial charge in [0.05, 0.1) is 5.69 Å². The van der Waals surface area contributed by atoms with Crippen LogP contribution in [-0.4, -0.2) is 14.4 Å². The van der Waals surface area contributed by atoms with Crippen LogP contribution in [-0.2, 0) is 0 Å². The summed E-state index contributed by atoms with van der Waals surface area (Å²) >= 11 is 0. The molecule has 0 aromatic carbocycles. The molecule has 3 aromatic rings. The van der Waals surface area contributed by atoms with Gasteiger partial charge in [0.15, 0.2) is 5.82 Å². The van der Waals surface area contributed by atoms with Crippen molar-refractivity contribution in [3.05, 3.63) is 48.9 Å². The summed E-state index contributed by atoms with van der Waals surface area (Å²) in [5.41, 5.74) is 8.72. The van der Waals surface area contributed by atoms with Crippen LogP contribution in [0.4, 0.5) is 5.82 Å². The van der Waals surface area contributed by atoms with E-state index in [1.54, 1.807) is 12.4 Å². The molecule has 3 aromatic heterocycles. The molecular formula is C12H10N4. The molecule has 4 heteroatoms. The molecule has 0 amide bonds. The van der Waals surface area contributed by atoms with Gasteiger partial charge in [0.2, 0.25) is 0 Å². The Morgan fingerprint density at radius 2 is 1.88 bits per heavy atom. The SMILES string of the molecule is Nc1nc2ccccn2c1-c1ccncc1. The van der Waals surface area contributed by atoms with Crippen molar-refractivity contribution in [2.24, 2.45) is 0 Å². The van der Waals surface area contributed by atoms with E-state index < -0.39 is 0 Å². The molecule has 0 bridgehead atoms. The predicted octanol–water partition coefficient (Wildman–Crippen LogP) is 1.98. The molecule has 3 rings (SSSR count). The van der Waals surface area contributed by atoms with Crippen LogP contribution in [0.1, 0.15) is 0 Å². The van der Waals surface area contributed by atoms with Crippen LogP contribution in [0.25, 0.3) is 16.9 Å². The van der Waals surface area contributed by atoms with E-state index in [0.717, 1.165) is 16.9 Å². The highest BCUT2D eigenvalue weighted by atomic mass is 15.1. The van der Waals surface area contributed by atoms with E-state index in [1.807, 2.05) is 40.9 Å². The van der Waals surface area contributed by atoms with Gasteiger partial charge in [0.1, 0.15) is 5.65 Å². The van der Waals surface area contributed by atoms with Crippen LogP contribution in [0.5, 0.6) is 0 Å². The fourth-order valence-corrected chi connectivity index (χ4v) is 1.81. The number of pyridine rings is 2. The molecule has 0 radical (unpaired) electrons. The molecular weight excluding hydrogens is 200 g/mol. The standard InChI is InChI=1S/C12H10N4/c13-12-11(9-4-6-14-7-5-9)16-8-2-1-3-10(16)15-12/h1-8H,13H2.